The van der Waals surface area contributed by atoms with E-state index in [-0.39, 0.29) is 11.7 Å². The first kappa shape index (κ1) is 18.6. The molecule has 0 bridgehead atoms. The smallest absolute Gasteiger partial charge is 0.185 e. The number of benzene rings is 2. The summed E-state index contributed by atoms with van der Waals surface area (Å²) < 4.78 is 6.68. The third kappa shape index (κ3) is 4.43. The lowest BCUT2D eigenvalue weighted by atomic mass is 9.78. The topological polar surface area (TPSA) is 26.3 Å². The number of hydrogen-bond donors (Lipinski definition) is 0. The van der Waals surface area contributed by atoms with Crippen LogP contribution in [0.2, 0.25) is 19.6 Å². The average molecular weight is 341 g/mol. The summed E-state index contributed by atoms with van der Waals surface area (Å²) in [6.45, 7) is 10.8. The van der Waals surface area contributed by atoms with E-state index in [1.54, 1.807) is 0 Å². The normalized spacial score (nSPS) is 14.4. The second-order valence-electron chi connectivity index (χ2n) is 7.59. The number of carbonyl (C=O) groups excluding carboxylic acids is 1. The monoisotopic (exact) mass is 340 g/mol. The van der Waals surface area contributed by atoms with Gasteiger partial charge in [0.1, 0.15) is 0 Å². The summed E-state index contributed by atoms with van der Waals surface area (Å²) in [5.41, 5.74) is 1.25. The van der Waals surface area contributed by atoms with Crippen molar-refractivity contribution in [3.8, 4) is 0 Å². The molecule has 1 unspecified atom stereocenters. The maximum absolute atomic E-state index is 13.0. The van der Waals surface area contributed by atoms with E-state index in [1.807, 2.05) is 48.5 Å². The lowest BCUT2D eigenvalue weighted by Crippen LogP contribution is -2.45. The zero-order chi connectivity index (χ0) is 17.8. The minimum atomic E-state index is -1.86. The largest absolute Gasteiger partial charge is 0.407 e. The molecule has 0 saturated carbocycles. The summed E-state index contributed by atoms with van der Waals surface area (Å²) in [5, 5.41) is 0. The molecule has 2 aromatic carbocycles. The molecule has 0 amide bonds. The van der Waals surface area contributed by atoms with Crippen LogP contribution in [0.15, 0.2) is 60.7 Å². The van der Waals surface area contributed by atoms with E-state index in [0.29, 0.717) is 6.42 Å². The van der Waals surface area contributed by atoms with E-state index >= 15 is 0 Å². The predicted molar refractivity (Wildman–Crippen MR) is 103 cm³/mol. The van der Waals surface area contributed by atoms with Gasteiger partial charge in [0.2, 0.25) is 0 Å². The fraction of sp³-hybridized carbons (Fsp3) is 0.381. The van der Waals surface area contributed by atoms with Gasteiger partial charge in [-0.05, 0) is 31.1 Å². The molecule has 0 saturated heterocycles. The third-order valence-electron chi connectivity index (χ3n) is 4.20. The molecule has 0 aromatic heterocycles. The number of hydrogen-bond acceptors (Lipinski definition) is 2. The van der Waals surface area contributed by atoms with Gasteiger partial charge in [-0.25, -0.2) is 0 Å². The van der Waals surface area contributed by atoms with Crippen LogP contribution < -0.4 is 0 Å². The zero-order valence-electron chi connectivity index (χ0n) is 15.4. The maximum Gasteiger partial charge on any atom is 0.185 e. The molecule has 0 radical (unpaired) electrons. The van der Waals surface area contributed by atoms with E-state index in [9.17, 15) is 4.79 Å². The van der Waals surface area contributed by atoms with Gasteiger partial charge in [0.15, 0.2) is 14.1 Å². The summed E-state index contributed by atoms with van der Waals surface area (Å²) in [5.74, 6) is 0.325. The van der Waals surface area contributed by atoms with Crippen molar-refractivity contribution in [3.63, 3.8) is 0 Å². The van der Waals surface area contributed by atoms with E-state index in [4.69, 9.17) is 4.43 Å². The molecular formula is C21H28O2Si. The zero-order valence-corrected chi connectivity index (χ0v) is 16.4. The molecule has 0 fully saturated rings. The average Bonchev–Trinajstić information content (AvgIpc) is 2.54. The van der Waals surface area contributed by atoms with E-state index in [2.05, 4.69) is 45.6 Å². The SMILES string of the molecule is CC(C)C(CC(=O)c1ccccc1)(O[Si](C)(C)C)c1ccccc1. The summed E-state index contributed by atoms with van der Waals surface area (Å²) >= 11 is 0. The van der Waals surface area contributed by atoms with Gasteiger partial charge in [0, 0.05) is 12.0 Å². The Morgan fingerprint density at radius 3 is 1.92 bits per heavy atom. The highest BCUT2D eigenvalue weighted by Gasteiger charge is 2.42. The summed E-state index contributed by atoms with van der Waals surface area (Å²) in [6.07, 6.45) is 0.364. The standard InChI is InChI=1S/C21H28O2Si/c1-17(2)21(23-24(3,4)5,19-14-10-7-11-15-19)16-20(22)18-12-8-6-9-13-18/h6-15,17H,16H2,1-5H3. The van der Waals surface area contributed by atoms with Crippen molar-refractivity contribution in [2.45, 2.75) is 45.5 Å². The van der Waals surface area contributed by atoms with Crippen molar-refractivity contribution in [1.82, 2.24) is 0 Å². The molecule has 0 aliphatic rings. The fourth-order valence-electron chi connectivity index (χ4n) is 3.08. The van der Waals surface area contributed by atoms with Crippen molar-refractivity contribution in [1.29, 1.82) is 0 Å². The second-order valence-corrected chi connectivity index (χ2v) is 12.0. The Bertz CT molecular complexity index is 659. The number of Topliss-reactive ketones (excluding diaryl/α,β-unsaturated/α-hetero) is 1. The molecule has 1 atom stereocenters. The van der Waals surface area contributed by atoms with Gasteiger partial charge < -0.3 is 4.43 Å². The molecule has 0 N–H and O–H groups in total. The van der Waals surface area contributed by atoms with Crippen molar-refractivity contribution in [3.05, 3.63) is 71.8 Å². The van der Waals surface area contributed by atoms with Gasteiger partial charge in [-0.2, -0.15) is 0 Å². The predicted octanol–water partition coefficient (Wildman–Crippen LogP) is 5.66. The minimum absolute atomic E-state index is 0.131. The van der Waals surface area contributed by atoms with Crippen molar-refractivity contribution >= 4 is 14.1 Å². The van der Waals surface area contributed by atoms with Crippen LogP contribution in [0.4, 0.5) is 0 Å². The van der Waals surface area contributed by atoms with Crippen LogP contribution in [0.3, 0.4) is 0 Å². The van der Waals surface area contributed by atoms with Gasteiger partial charge in [0.25, 0.3) is 0 Å². The number of ketones is 1. The first-order valence-corrected chi connectivity index (χ1v) is 12.0. The highest BCUT2D eigenvalue weighted by atomic mass is 28.4. The molecule has 2 rings (SSSR count). The molecule has 2 nitrogen and oxygen atoms in total. The van der Waals surface area contributed by atoms with Crippen LogP contribution in [0.1, 0.15) is 36.2 Å². The molecule has 0 heterocycles. The lowest BCUT2D eigenvalue weighted by molar-refractivity contribution is 0.00446. The van der Waals surface area contributed by atoms with Gasteiger partial charge in [0.05, 0.1) is 5.60 Å². The van der Waals surface area contributed by atoms with Crippen LogP contribution >= 0.6 is 0 Å². The quantitative estimate of drug-likeness (QED) is 0.480. The Kier molecular flexibility index (Phi) is 5.78. The van der Waals surface area contributed by atoms with Gasteiger partial charge in [-0.1, -0.05) is 74.5 Å². The summed E-state index contributed by atoms with van der Waals surface area (Å²) in [7, 11) is -1.86. The van der Waals surface area contributed by atoms with Crippen LogP contribution in [0, 0.1) is 5.92 Å². The molecule has 0 spiro atoms. The molecule has 0 aliphatic carbocycles. The van der Waals surface area contributed by atoms with Gasteiger partial charge >= 0.3 is 0 Å². The third-order valence-corrected chi connectivity index (χ3v) is 5.18. The Morgan fingerprint density at radius 2 is 1.46 bits per heavy atom. The molecule has 0 aliphatic heterocycles. The maximum atomic E-state index is 13.0. The molecule has 3 heteroatoms. The van der Waals surface area contributed by atoms with Crippen LogP contribution in [-0.4, -0.2) is 14.1 Å². The van der Waals surface area contributed by atoms with Crippen molar-refractivity contribution < 1.29 is 9.22 Å². The minimum Gasteiger partial charge on any atom is -0.407 e. The molecular weight excluding hydrogens is 312 g/mol. The van der Waals surface area contributed by atoms with Gasteiger partial charge in [-0.15, -0.1) is 0 Å². The van der Waals surface area contributed by atoms with Crippen LogP contribution in [-0.2, 0) is 10.0 Å². The summed E-state index contributed by atoms with van der Waals surface area (Å²) in [4.78, 5) is 13.0. The Hall–Kier alpha value is -1.71. The first-order valence-electron chi connectivity index (χ1n) is 8.58. The van der Waals surface area contributed by atoms with Crippen molar-refractivity contribution in [2.75, 3.05) is 0 Å². The highest BCUT2D eigenvalue weighted by molar-refractivity contribution is 6.69. The lowest BCUT2D eigenvalue weighted by Gasteiger charge is -2.42. The van der Waals surface area contributed by atoms with Crippen LogP contribution in [0.5, 0.6) is 0 Å². The van der Waals surface area contributed by atoms with E-state index in [1.165, 1.54) is 0 Å². The van der Waals surface area contributed by atoms with E-state index in [0.717, 1.165) is 11.1 Å². The second kappa shape index (κ2) is 7.45. The molecule has 24 heavy (non-hydrogen) atoms. The first-order chi connectivity index (χ1) is 11.2. The Balaban J connectivity index is 2.47. The van der Waals surface area contributed by atoms with Crippen LogP contribution in [0.25, 0.3) is 0 Å². The fourth-order valence-corrected chi connectivity index (χ4v) is 4.60. The Morgan fingerprint density at radius 1 is 0.958 bits per heavy atom. The number of carbonyl (C=O) groups is 1. The highest BCUT2D eigenvalue weighted by Crippen LogP contribution is 2.40. The Labute approximate surface area is 147 Å². The van der Waals surface area contributed by atoms with Crippen molar-refractivity contribution in [2.24, 2.45) is 5.92 Å². The summed E-state index contributed by atoms with van der Waals surface area (Å²) in [6, 6.07) is 19.7. The number of rotatable bonds is 7. The van der Waals surface area contributed by atoms with E-state index < -0.39 is 13.9 Å². The molecule has 128 valence electrons. The molecule has 2 aromatic rings. The van der Waals surface area contributed by atoms with Gasteiger partial charge in [-0.3, -0.25) is 4.79 Å².